The normalized spacial score (nSPS) is 27.9. The van der Waals surface area contributed by atoms with E-state index in [0.29, 0.717) is 49.9 Å². The SMILES string of the molecule is CC(C)[Si](O[C@@H]1[C@H](C)[C@@H](C#Cc2ccc(C#C[C@H]3O[C@H](CO)[C@@H](C)[C@H](C)[C@@H]3O[Si](C(C)C)(C(C)C)C(C)C)cc2)O[C@H](CO)[C@H]1O[Si](C(C)C)(C(C)C)C(C)C)(C(C)C)C(C)C. The van der Waals surface area contributed by atoms with Crippen LogP contribution in [0.4, 0.5) is 0 Å². The highest BCUT2D eigenvalue weighted by atomic mass is 28.4. The minimum absolute atomic E-state index is 0.0415. The van der Waals surface area contributed by atoms with Crippen molar-refractivity contribution in [1.29, 1.82) is 0 Å². The highest BCUT2D eigenvalue weighted by Crippen LogP contribution is 2.50. The summed E-state index contributed by atoms with van der Waals surface area (Å²) in [7, 11) is -7.00. The molecular weight excluding hydrogens is 821 g/mol. The molecule has 2 saturated heterocycles. The molecule has 2 heterocycles. The Bertz CT molecular complexity index is 1580. The summed E-state index contributed by atoms with van der Waals surface area (Å²) in [4.78, 5) is 0. The van der Waals surface area contributed by atoms with E-state index in [2.05, 4.69) is 169 Å². The van der Waals surface area contributed by atoms with Crippen molar-refractivity contribution in [3.63, 3.8) is 0 Å². The zero-order chi connectivity index (χ0) is 47.2. The van der Waals surface area contributed by atoms with Crippen LogP contribution in [-0.2, 0) is 22.8 Å². The summed E-state index contributed by atoms with van der Waals surface area (Å²) >= 11 is 0. The zero-order valence-electron chi connectivity index (χ0n) is 43.1. The summed E-state index contributed by atoms with van der Waals surface area (Å²) in [5.74, 6) is 14.0. The predicted octanol–water partition coefficient (Wildman–Crippen LogP) is 12.5. The minimum Gasteiger partial charge on any atom is -0.410 e. The smallest absolute Gasteiger partial charge is 0.201 e. The van der Waals surface area contributed by atoms with E-state index in [-0.39, 0.29) is 49.3 Å². The van der Waals surface area contributed by atoms with Crippen LogP contribution >= 0.6 is 0 Å². The summed E-state index contributed by atoms with van der Waals surface area (Å²) in [5.41, 5.74) is 5.33. The maximum absolute atomic E-state index is 11.1. The van der Waals surface area contributed by atoms with Gasteiger partial charge < -0.3 is 33.0 Å². The fourth-order valence-corrected chi connectivity index (χ4v) is 29.2. The van der Waals surface area contributed by atoms with Crippen molar-refractivity contribution in [2.75, 3.05) is 13.2 Å². The van der Waals surface area contributed by atoms with Crippen LogP contribution in [0.2, 0.25) is 49.9 Å². The van der Waals surface area contributed by atoms with Gasteiger partial charge in [-0.15, -0.1) is 0 Å². The largest absolute Gasteiger partial charge is 0.410 e. The lowest BCUT2D eigenvalue weighted by atomic mass is 9.81. The van der Waals surface area contributed by atoms with E-state index in [1.165, 1.54) is 0 Å². The van der Waals surface area contributed by atoms with E-state index in [0.717, 1.165) is 11.1 Å². The van der Waals surface area contributed by atoms with E-state index in [1.54, 1.807) is 0 Å². The number of aliphatic hydroxyl groups excluding tert-OH is 2. The standard InChI is InChI=1S/C52H92O7Si3/c1-32(2)60(33(3)4,34(5)6)57-50-42(20)41(19)48(30-53)56-47(50)29-27-45-24-22-44(23-25-45)26-28-46-43(21)51(58-61(35(7)8,36(9)10)37(11)12)52(49(31-54)55-46)59-62(38(13)14,39(15)16)40(17)18/h22-25,32-43,46-54H,30-31H2,1-21H3/t41-,42-,43+,46+,47+,48+,49+,50-,51+,52+/m0/s1. The van der Waals surface area contributed by atoms with E-state index in [4.69, 9.17) is 22.8 Å². The van der Waals surface area contributed by atoms with E-state index in [1.807, 2.05) is 24.3 Å². The van der Waals surface area contributed by atoms with Crippen LogP contribution in [-0.4, -0.2) is 91.1 Å². The predicted molar refractivity (Wildman–Crippen MR) is 267 cm³/mol. The topological polar surface area (TPSA) is 86.6 Å². The van der Waals surface area contributed by atoms with Crippen molar-refractivity contribution in [2.45, 2.75) is 238 Å². The molecule has 2 N–H and O–H groups in total. The van der Waals surface area contributed by atoms with Crippen molar-refractivity contribution < 1.29 is 33.0 Å². The Balaban J connectivity index is 2.04. The molecule has 3 rings (SSSR count). The molecule has 0 spiro atoms. The van der Waals surface area contributed by atoms with Gasteiger partial charge in [-0.25, -0.2) is 0 Å². The Hall–Kier alpha value is -1.29. The van der Waals surface area contributed by atoms with Gasteiger partial charge in [0.2, 0.25) is 25.0 Å². The number of benzene rings is 1. The Morgan fingerprint density at radius 3 is 1.08 bits per heavy atom. The van der Waals surface area contributed by atoms with Gasteiger partial charge in [0.25, 0.3) is 0 Å². The quantitative estimate of drug-likeness (QED) is 0.119. The highest BCUT2D eigenvalue weighted by molar-refractivity contribution is 6.78. The van der Waals surface area contributed by atoms with Crippen LogP contribution in [0.5, 0.6) is 0 Å². The maximum atomic E-state index is 11.1. The molecule has 2 fully saturated rings. The lowest BCUT2D eigenvalue weighted by Gasteiger charge is -2.54. The first kappa shape index (κ1) is 55.0. The molecule has 1 aromatic rings. The average molecular weight is 914 g/mol. The summed E-state index contributed by atoms with van der Waals surface area (Å²) < 4.78 is 36.0. The Morgan fingerprint density at radius 1 is 0.435 bits per heavy atom. The van der Waals surface area contributed by atoms with Crippen LogP contribution in [0.3, 0.4) is 0 Å². The van der Waals surface area contributed by atoms with Gasteiger partial charge in [0.15, 0.2) is 0 Å². The molecule has 0 amide bonds. The van der Waals surface area contributed by atoms with Gasteiger partial charge in [-0.2, -0.15) is 0 Å². The average Bonchev–Trinajstić information content (AvgIpc) is 3.18. The summed E-state index contributed by atoms with van der Waals surface area (Å²) in [6.45, 7) is 48.1. The third kappa shape index (κ3) is 11.3. The third-order valence-electron chi connectivity index (χ3n) is 15.7. The van der Waals surface area contributed by atoms with Crippen LogP contribution in [0.15, 0.2) is 24.3 Å². The summed E-state index contributed by atoms with van der Waals surface area (Å²) in [5, 5.41) is 21.3. The Labute approximate surface area is 384 Å². The third-order valence-corrected chi connectivity index (χ3v) is 33.9. The molecule has 354 valence electrons. The lowest BCUT2D eigenvalue weighted by Crippen LogP contribution is -2.65. The Morgan fingerprint density at radius 2 is 0.742 bits per heavy atom. The number of aliphatic hydroxyl groups is 2. The second-order valence-corrected chi connectivity index (χ2v) is 38.2. The van der Waals surface area contributed by atoms with Gasteiger partial charge in [-0.1, -0.05) is 169 Å². The molecule has 10 heteroatoms. The van der Waals surface area contributed by atoms with Crippen molar-refractivity contribution >= 4 is 25.0 Å². The number of ether oxygens (including phenoxy) is 2. The molecule has 0 aromatic heterocycles. The van der Waals surface area contributed by atoms with Crippen LogP contribution in [0.25, 0.3) is 0 Å². The fourth-order valence-electron chi connectivity index (χ4n) is 12.4. The van der Waals surface area contributed by atoms with E-state index < -0.39 is 49.4 Å². The second kappa shape index (κ2) is 22.9. The van der Waals surface area contributed by atoms with Crippen LogP contribution in [0, 0.1) is 41.4 Å². The molecule has 0 aliphatic carbocycles. The molecule has 2 aliphatic rings. The first-order chi connectivity index (χ1) is 28.8. The molecule has 7 nitrogen and oxygen atoms in total. The van der Waals surface area contributed by atoms with E-state index >= 15 is 0 Å². The molecule has 0 bridgehead atoms. The maximum Gasteiger partial charge on any atom is 0.201 e. The van der Waals surface area contributed by atoms with Gasteiger partial charge in [-0.05, 0) is 86.0 Å². The first-order valence-corrected chi connectivity index (χ1v) is 30.9. The van der Waals surface area contributed by atoms with Crippen molar-refractivity contribution in [2.24, 2.45) is 17.8 Å². The molecule has 0 unspecified atom stereocenters. The van der Waals surface area contributed by atoms with Gasteiger partial charge in [0, 0.05) is 17.0 Å². The second-order valence-electron chi connectivity index (χ2n) is 21.9. The fraction of sp³-hybridized carbons (Fsp3) is 0.808. The minimum atomic E-state index is -2.39. The Kier molecular flexibility index (Phi) is 20.4. The molecule has 62 heavy (non-hydrogen) atoms. The van der Waals surface area contributed by atoms with Crippen molar-refractivity contribution in [3.8, 4) is 23.7 Å². The molecular formula is C52H92O7Si3. The summed E-state index contributed by atoms with van der Waals surface area (Å²) in [6, 6.07) is 8.06. The molecule has 1 aromatic carbocycles. The number of rotatable bonds is 17. The molecule has 0 saturated carbocycles. The van der Waals surface area contributed by atoms with Crippen molar-refractivity contribution in [3.05, 3.63) is 35.4 Å². The van der Waals surface area contributed by atoms with Gasteiger partial charge in [0.05, 0.1) is 37.6 Å². The lowest BCUT2D eigenvalue weighted by molar-refractivity contribution is -0.182. The highest BCUT2D eigenvalue weighted by Gasteiger charge is 2.57. The van der Waals surface area contributed by atoms with Crippen LogP contribution in [0.1, 0.15) is 157 Å². The van der Waals surface area contributed by atoms with Gasteiger partial charge >= 0.3 is 0 Å². The monoisotopic (exact) mass is 913 g/mol. The van der Waals surface area contributed by atoms with Gasteiger partial charge in [0.1, 0.15) is 18.3 Å². The first-order valence-electron chi connectivity index (χ1n) is 24.5. The van der Waals surface area contributed by atoms with Gasteiger partial charge in [-0.3, -0.25) is 0 Å². The summed E-state index contributed by atoms with van der Waals surface area (Å²) in [6.07, 6.45) is -2.62. The van der Waals surface area contributed by atoms with E-state index in [9.17, 15) is 10.2 Å². The zero-order valence-corrected chi connectivity index (χ0v) is 46.1. The number of hydrogen-bond acceptors (Lipinski definition) is 7. The molecule has 2 aliphatic heterocycles. The van der Waals surface area contributed by atoms with Crippen LogP contribution < -0.4 is 0 Å². The molecule has 10 atom stereocenters. The molecule has 0 radical (unpaired) electrons. The number of hydrogen-bond donors (Lipinski definition) is 2. The van der Waals surface area contributed by atoms with Crippen molar-refractivity contribution in [1.82, 2.24) is 0 Å².